The predicted octanol–water partition coefficient (Wildman–Crippen LogP) is 2.41. The zero-order valence-electron chi connectivity index (χ0n) is 15.1. The average Bonchev–Trinajstić information content (AvgIpc) is 2.69. The van der Waals surface area contributed by atoms with Gasteiger partial charge in [-0.15, -0.1) is 0 Å². The standard InChI is InChI=1S/C20H22N2O5/c1-14(27-20(25)15-2-8-18(23)9-3-15)19(24)21-16-4-6-17(7-5-16)22-10-12-26-13-11-22/h2-9,14,23H,10-13H2,1H3,(H,21,24)/t14-/m1/s1. The molecule has 142 valence electrons. The van der Waals surface area contributed by atoms with Crippen LogP contribution in [0.1, 0.15) is 17.3 Å². The minimum absolute atomic E-state index is 0.0536. The number of hydrogen-bond acceptors (Lipinski definition) is 6. The monoisotopic (exact) mass is 370 g/mol. The van der Waals surface area contributed by atoms with E-state index in [0.29, 0.717) is 18.9 Å². The first kappa shape index (κ1) is 18.7. The zero-order chi connectivity index (χ0) is 19.2. The number of nitrogens with zero attached hydrogens (tertiary/aromatic N) is 1. The van der Waals surface area contributed by atoms with Gasteiger partial charge in [-0.3, -0.25) is 4.79 Å². The van der Waals surface area contributed by atoms with Crippen LogP contribution in [0, 0.1) is 0 Å². The predicted molar refractivity (Wildman–Crippen MR) is 101 cm³/mol. The molecule has 0 bridgehead atoms. The van der Waals surface area contributed by atoms with Crippen LogP contribution in [0.3, 0.4) is 0 Å². The normalized spacial score (nSPS) is 15.1. The summed E-state index contributed by atoms with van der Waals surface area (Å²) < 4.78 is 10.5. The molecular formula is C20H22N2O5. The summed E-state index contributed by atoms with van der Waals surface area (Å²) in [4.78, 5) is 26.5. The summed E-state index contributed by atoms with van der Waals surface area (Å²) in [6.45, 7) is 4.62. The van der Waals surface area contributed by atoms with Crippen molar-refractivity contribution in [3.05, 3.63) is 54.1 Å². The van der Waals surface area contributed by atoms with Crippen molar-refractivity contribution in [2.45, 2.75) is 13.0 Å². The smallest absolute Gasteiger partial charge is 0.338 e. The molecule has 0 saturated carbocycles. The van der Waals surface area contributed by atoms with Gasteiger partial charge in [0.1, 0.15) is 5.75 Å². The van der Waals surface area contributed by atoms with Crippen molar-refractivity contribution in [1.29, 1.82) is 0 Å². The molecule has 3 rings (SSSR count). The number of carbonyl (C=O) groups excluding carboxylic acids is 2. The Kier molecular flexibility index (Phi) is 5.93. The SMILES string of the molecule is C[C@@H](OC(=O)c1ccc(O)cc1)C(=O)Nc1ccc(N2CCOCC2)cc1. The molecule has 1 aliphatic rings. The number of phenols is 1. The molecule has 0 spiro atoms. The lowest BCUT2D eigenvalue weighted by Gasteiger charge is -2.28. The number of anilines is 2. The van der Waals surface area contributed by atoms with Gasteiger partial charge in [-0.25, -0.2) is 4.79 Å². The van der Waals surface area contributed by atoms with E-state index in [1.807, 2.05) is 24.3 Å². The number of esters is 1. The number of rotatable bonds is 5. The van der Waals surface area contributed by atoms with E-state index in [2.05, 4.69) is 10.2 Å². The first-order valence-electron chi connectivity index (χ1n) is 8.76. The number of ether oxygens (including phenoxy) is 2. The number of hydrogen-bond donors (Lipinski definition) is 2. The molecule has 27 heavy (non-hydrogen) atoms. The van der Waals surface area contributed by atoms with Gasteiger partial charge >= 0.3 is 5.97 Å². The number of phenolic OH excluding ortho intramolecular Hbond substituents is 1. The number of benzene rings is 2. The Bertz CT molecular complexity index is 783. The zero-order valence-corrected chi connectivity index (χ0v) is 15.1. The maximum Gasteiger partial charge on any atom is 0.338 e. The molecule has 0 unspecified atom stereocenters. The van der Waals surface area contributed by atoms with E-state index in [4.69, 9.17) is 9.47 Å². The Morgan fingerprint density at radius 2 is 1.70 bits per heavy atom. The van der Waals surface area contributed by atoms with Crippen molar-refractivity contribution in [3.8, 4) is 5.75 Å². The fourth-order valence-corrected chi connectivity index (χ4v) is 2.70. The molecule has 2 aromatic carbocycles. The molecule has 1 aliphatic heterocycles. The third kappa shape index (κ3) is 4.98. The molecule has 7 heteroatoms. The van der Waals surface area contributed by atoms with Crippen LogP contribution >= 0.6 is 0 Å². The molecule has 2 N–H and O–H groups in total. The minimum atomic E-state index is -0.953. The van der Waals surface area contributed by atoms with Gasteiger partial charge in [-0.2, -0.15) is 0 Å². The first-order valence-corrected chi connectivity index (χ1v) is 8.76. The van der Waals surface area contributed by atoms with Gasteiger partial charge < -0.3 is 24.8 Å². The van der Waals surface area contributed by atoms with Crippen LogP contribution < -0.4 is 10.2 Å². The fraction of sp³-hybridized carbons (Fsp3) is 0.300. The molecule has 7 nitrogen and oxygen atoms in total. The lowest BCUT2D eigenvalue weighted by atomic mass is 10.2. The molecule has 1 atom stereocenters. The summed E-state index contributed by atoms with van der Waals surface area (Å²) in [6.07, 6.45) is -0.953. The quantitative estimate of drug-likeness (QED) is 0.786. The Morgan fingerprint density at radius 3 is 2.33 bits per heavy atom. The van der Waals surface area contributed by atoms with Gasteiger partial charge in [0.15, 0.2) is 6.10 Å². The van der Waals surface area contributed by atoms with Crippen LogP contribution in [0.15, 0.2) is 48.5 Å². The van der Waals surface area contributed by atoms with E-state index in [0.717, 1.165) is 18.8 Å². The van der Waals surface area contributed by atoms with E-state index in [1.54, 1.807) is 0 Å². The van der Waals surface area contributed by atoms with E-state index >= 15 is 0 Å². The van der Waals surface area contributed by atoms with Crippen LogP contribution in [-0.4, -0.2) is 49.4 Å². The number of morpholine rings is 1. The molecule has 1 heterocycles. The number of amides is 1. The lowest BCUT2D eigenvalue weighted by molar-refractivity contribution is -0.123. The topological polar surface area (TPSA) is 88.1 Å². The third-order valence-electron chi connectivity index (χ3n) is 4.27. The third-order valence-corrected chi connectivity index (χ3v) is 4.27. The van der Waals surface area contributed by atoms with Crippen LogP contribution in [0.5, 0.6) is 5.75 Å². The summed E-state index contributed by atoms with van der Waals surface area (Å²) >= 11 is 0. The van der Waals surface area contributed by atoms with Crippen molar-refractivity contribution >= 4 is 23.3 Å². The van der Waals surface area contributed by atoms with E-state index in [-0.39, 0.29) is 11.3 Å². The van der Waals surface area contributed by atoms with Crippen molar-refractivity contribution in [1.82, 2.24) is 0 Å². The minimum Gasteiger partial charge on any atom is -0.508 e. The Hall–Kier alpha value is -3.06. The van der Waals surface area contributed by atoms with E-state index in [9.17, 15) is 14.7 Å². The number of aromatic hydroxyl groups is 1. The van der Waals surface area contributed by atoms with Gasteiger partial charge in [0.05, 0.1) is 18.8 Å². The summed E-state index contributed by atoms with van der Waals surface area (Å²) in [5.74, 6) is -0.987. The maximum atomic E-state index is 12.3. The van der Waals surface area contributed by atoms with Crippen molar-refractivity contribution in [3.63, 3.8) is 0 Å². The van der Waals surface area contributed by atoms with Crippen LogP contribution in [0.4, 0.5) is 11.4 Å². The Labute approximate surface area is 157 Å². The summed E-state index contributed by atoms with van der Waals surface area (Å²) in [5.41, 5.74) is 1.97. The highest BCUT2D eigenvalue weighted by molar-refractivity contribution is 5.97. The largest absolute Gasteiger partial charge is 0.508 e. The second-order valence-electron chi connectivity index (χ2n) is 6.23. The van der Waals surface area contributed by atoms with Crippen LogP contribution in [0.2, 0.25) is 0 Å². The van der Waals surface area contributed by atoms with Gasteiger partial charge in [-0.05, 0) is 55.5 Å². The first-order chi connectivity index (χ1) is 13.0. The molecule has 1 saturated heterocycles. The molecule has 0 radical (unpaired) electrons. The highest BCUT2D eigenvalue weighted by atomic mass is 16.5. The maximum absolute atomic E-state index is 12.3. The highest BCUT2D eigenvalue weighted by Gasteiger charge is 2.19. The second kappa shape index (κ2) is 8.55. The summed E-state index contributed by atoms with van der Waals surface area (Å²) in [5, 5.41) is 12.0. The van der Waals surface area contributed by atoms with Gasteiger partial charge in [0.25, 0.3) is 5.91 Å². The molecule has 0 aromatic heterocycles. The molecule has 2 aromatic rings. The molecule has 1 fully saturated rings. The van der Waals surface area contributed by atoms with Crippen molar-refractivity contribution in [2.75, 3.05) is 36.5 Å². The summed E-state index contributed by atoms with van der Waals surface area (Å²) in [7, 11) is 0. The molecule has 0 aliphatic carbocycles. The van der Waals surface area contributed by atoms with Crippen molar-refractivity contribution < 1.29 is 24.2 Å². The Morgan fingerprint density at radius 1 is 1.07 bits per heavy atom. The van der Waals surface area contributed by atoms with Gasteiger partial charge in [-0.1, -0.05) is 0 Å². The van der Waals surface area contributed by atoms with Crippen molar-refractivity contribution in [2.24, 2.45) is 0 Å². The molecular weight excluding hydrogens is 348 g/mol. The van der Waals surface area contributed by atoms with Gasteiger partial charge in [0.2, 0.25) is 0 Å². The highest BCUT2D eigenvalue weighted by Crippen LogP contribution is 2.19. The average molecular weight is 370 g/mol. The number of carbonyl (C=O) groups is 2. The van der Waals surface area contributed by atoms with E-state index in [1.165, 1.54) is 31.2 Å². The summed E-state index contributed by atoms with van der Waals surface area (Å²) in [6, 6.07) is 13.2. The van der Waals surface area contributed by atoms with Crippen LogP contribution in [-0.2, 0) is 14.3 Å². The second-order valence-corrected chi connectivity index (χ2v) is 6.23. The van der Waals surface area contributed by atoms with Gasteiger partial charge in [0, 0.05) is 24.5 Å². The van der Waals surface area contributed by atoms with E-state index < -0.39 is 18.0 Å². The van der Waals surface area contributed by atoms with Crippen LogP contribution in [0.25, 0.3) is 0 Å². The fourth-order valence-electron chi connectivity index (χ4n) is 2.70. The molecule has 1 amide bonds. The number of nitrogens with one attached hydrogen (secondary N) is 1. The Balaban J connectivity index is 1.54. The lowest BCUT2D eigenvalue weighted by Crippen LogP contribution is -2.36.